The van der Waals surface area contributed by atoms with E-state index in [2.05, 4.69) is 5.32 Å². The van der Waals surface area contributed by atoms with Crippen molar-refractivity contribution in [3.8, 4) is 11.5 Å². The van der Waals surface area contributed by atoms with E-state index in [0.29, 0.717) is 36.8 Å². The summed E-state index contributed by atoms with van der Waals surface area (Å²) in [6.07, 6.45) is 1.45. The zero-order valence-electron chi connectivity index (χ0n) is 14.1. The molecule has 0 aliphatic carbocycles. The second-order valence-corrected chi connectivity index (χ2v) is 6.65. The minimum atomic E-state index is -1.19. The van der Waals surface area contributed by atoms with Crippen molar-refractivity contribution in [2.75, 3.05) is 36.0 Å². The lowest BCUT2D eigenvalue weighted by molar-refractivity contribution is -0.135. The van der Waals surface area contributed by atoms with E-state index in [1.807, 2.05) is 18.7 Å². The fourth-order valence-corrected chi connectivity index (χ4v) is 3.54. The van der Waals surface area contributed by atoms with Crippen LogP contribution in [0.25, 0.3) is 0 Å². The summed E-state index contributed by atoms with van der Waals surface area (Å²) in [5.74, 6) is -1.29. The van der Waals surface area contributed by atoms with Gasteiger partial charge in [0.2, 0.25) is 5.76 Å². The Labute approximate surface area is 144 Å². The fourth-order valence-electron chi connectivity index (χ4n) is 3.54. The Kier molecular flexibility index (Phi) is 3.72. The lowest BCUT2D eigenvalue weighted by atomic mass is 10.1. The van der Waals surface area contributed by atoms with Crippen LogP contribution < -0.4 is 24.6 Å². The highest BCUT2D eigenvalue weighted by atomic mass is 19.1. The summed E-state index contributed by atoms with van der Waals surface area (Å²) >= 11 is 0. The standard InChI is InChI=1S/C17H20FN3O4/c1-9-6-20(4-3-19-9)14-11(18)5-12-15-16(14)24-8-10(2)21(15)7-13(25-12)17(22)23/h5,7,9-10,19H,3-4,6,8H2,1-2H3,(H,22,23). The molecule has 3 aliphatic rings. The Hall–Kier alpha value is -2.48. The molecule has 0 saturated carbocycles. The lowest BCUT2D eigenvalue weighted by Crippen LogP contribution is -2.50. The van der Waals surface area contributed by atoms with Gasteiger partial charge in [-0.2, -0.15) is 0 Å². The number of anilines is 2. The summed E-state index contributed by atoms with van der Waals surface area (Å²) in [5, 5.41) is 12.6. The fraction of sp³-hybridized carbons (Fsp3) is 0.471. The molecule has 7 nitrogen and oxygen atoms in total. The molecule has 1 fully saturated rings. The van der Waals surface area contributed by atoms with E-state index in [9.17, 15) is 14.3 Å². The second kappa shape index (κ2) is 5.80. The van der Waals surface area contributed by atoms with Gasteiger partial charge in [0.1, 0.15) is 18.0 Å². The molecule has 3 heterocycles. The predicted octanol–water partition coefficient (Wildman–Crippen LogP) is 1.53. The molecule has 0 bridgehead atoms. The van der Waals surface area contributed by atoms with Crippen molar-refractivity contribution in [2.45, 2.75) is 25.9 Å². The van der Waals surface area contributed by atoms with E-state index in [1.54, 1.807) is 4.90 Å². The van der Waals surface area contributed by atoms with Gasteiger partial charge in [-0.1, -0.05) is 0 Å². The third kappa shape index (κ3) is 2.57. The summed E-state index contributed by atoms with van der Waals surface area (Å²) in [7, 11) is 0. The van der Waals surface area contributed by atoms with E-state index in [0.717, 1.165) is 6.54 Å². The monoisotopic (exact) mass is 349 g/mol. The number of hydrogen-bond acceptors (Lipinski definition) is 6. The summed E-state index contributed by atoms with van der Waals surface area (Å²) < 4.78 is 26.2. The van der Waals surface area contributed by atoms with Crippen LogP contribution >= 0.6 is 0 Å². The van der Waals surface area contributed by atoms with Gasteiger partial charge < -0.3 is 29.7 Å². The zero-order valence-corrected chi connectivity index (χ0v) is 14.1. The first-order chi connectivity index (χ1) is 12.0. The van der Waals surface area contributed by atoms with E-state index in [4.69, 9.17) is 9.47 Å². The maximum atomic E-state index is 14.9. The van der Waals surface area contributed by atoms with Crippen LogP contribution in [0, 0.1) is 5.82 Å². The minimum Gasteiger partial charge on any atom is -0.487 e. The van der Waals surface area contributed by atoms with Crippen molar-refractivity contribution in [3.63, 3.8) is 0 Å². The topological polar surface area (TPSA) is 74.3 Å². The van der Waals surface area contributed by atoms with Crippen LogP contribution in [0.1, 0.15) is 13.8 Å². The van der Waals surface area contributed by atoms with Crippen LogP contribution in [0.4, 0.5) is 15.8 Å². The Balaban J connectivity index is 1.84. The Morgan fingerprint density at radius 1 is 1.40 bits per heavy atom. The largest absolute Gasteiger partial charge is 0.487 e. The normalized spacial score (nSPS) is 24.8. The molecule has 1 aromatic carbocycles. The third-order valence-corrected chi connectivity index (χ3v) is 4.72. The third-order valence-electron chi connectivity index (χ3n) is 4.72. The van der Waals surface area contributed by atoms with Gasteiger partial charge in [-0.25, -0.2) is 9.18 Å². The van der Waals surface area contributed by atoms with Gasteiger partial charge in [0.15, 0.2) is 17.3 Å². The molecule has 2 atom stereocenters. The molecular formula is C17H20FN3O4. The van der Waals surface area contributed by atoms with Crippen LogP contribution in [0.5, 0.6) is 11.5 Å². The number of nitrogens with zero attached hydrogens (tertiary/aromatic N) is 2. The van der Waals surface area contributed by atoms with Gasteiger partial charge in [0.05, 0.1) is 12.2 Å². The van der Waals surface area contributed by atoms with Crippen molar-refractivity contribution < 1.29 is 23.8 Å². The maximum Gasteiger partial charge on any atom is 0.373 e. The molecule has 2 unspecified atom stereocenters. The molecule has 4 rings (SSSR count). The van der Waals surface area contributed by atoms with Crippen LogP contribution in [0.3, 0.4) is 0 Å². The predicted molar refractivity (Wildman–Crippen MR) is 89.9 cm³/mol. The van der Waals surface area contributed by atoms with Crippen LogP contribution in [-0.2, 0) is 4.79 Å². The zero-order chi connectivity index (χ0) is 17.7. The number of hydrogen-bond donors (Lipinski definition) is 2. The number of aliphatic carboxylic acids is 1. The average Bonchev–Trinajstić information content (AvgIpc) is 2.57. The number of carboxylic acid groups (broad SMARTS) is 1. The SMILES string of the molecule is CC1CN(c2c(F)cc3c4c2OCC(C)N4C=C(C(=O)O)O3)CCN1. The van der Waals surface area contributed by atoms with Gasteiger partial charge in [-0.05, 0) is 13.8 Å². The van der Waals surface area contributed by atoms with E-state index >= 15 is 0 Å². The number of carboxylic acids is 1. The summed E-state index contributed by atoms with van der Waals surface area (Å²) in [6, 6.07) is 1.42. The number of rotatable bonds is 2. The molecule has 0 amide bonds. The van der Waals surface area contributed by atoms with Crippen LogP contribution in [0.2, 0.25) is 0 Å². The van der Waals surface area contributed by atoms with E-state index < -0.39 is 11.8 Å². The van der Waals surface area contributed by atoms with Crippen LogP contribution in [0.15, 0.2) is 18.0 Å². The Bertz CT molecular complexity index is 767. The average molecular weight is 349 g/mol. The number of benzene rings is 1. The second-order valence-electron chi connectivity index (χ2n) is 6.65. The molecule has 1 aromatic rings. The first kappa shape index (κ1) is 16.0. The quantitative estimate of drug-likeness (QED) is 0.839. The maximum absolute atomic E-state index is 14.9. The van der Waals surface area contributed by atoms with Gasteiger partial charge >= 0.3 is 5.97 Å². The first-order valence-corrected chi connectivity index (χ1v) is 8.34. The molecular weight excluding hydrogens is 329 g/mol. The molecule has 1 saturated heterocycles. The number of nitrogens with one attached hydrogen (secondary N) is 1. The number of piperazine rings is 1. The number of ether oxygens (including phenoxy) is 2. The van der Waals surface area contributed by atoms with Crippen LogP contribution in [-0.4, -0.2) is 49.4 Å². The van der Waals surface area contributed by atoms with Gasteiger partial charge in [-0.15, -0.1) is 0 Å². The van der Waals surface area contributed by atoms with Gasteiger partial charge in [0.25, 0.3) is 0 Å². The highest BCUT2D eigenvalue weighted by Crippen LogP contribution is 2.51. The first-order valence-electron chi connectivity index (χ1n) is 8.34. The smallest absolute Gasteiger partial charge is 0.373 e. The summed E-state index contributed by atoms with van der Waals surface area (Å²) in [5.41, 5.74) is 1.01. The molecule has 2 N–H and O–H groups in total. The van der Waals surface area contributed by atoms with E-state index in [-0.39, 0.29) is 23.6 Å². The van der Waals surface area contributed by atoms with Crippen molar-refractivity contribution in [1.82, 2.24) is 5.32 Å². The highest BCUT2D eigenvalue weighted by Gasteiger charge is 2.37. The lowest BCUT2D eigenvalue weighted by Gasteiger charge is -2.41. The summed E-state index contributed by atoms with van der Waals surface area (Å²) in [6.45, 7) is 6.41. The molecule has 0 radical (unpaired) electrons. The molecule has 134 valence electrons. The summed E-state index contributed by atoms with van der Waals surface area (Å²) in [4.78, 5) is 15.1. The van der Waals surface area contributed by atoms with Crippen molar-refractivity contribution in [1.29, 1.82) is 0 Å². The van der Waals surface area contributed by atoms with Crippen molar-refractivity contribution >= 4 is 17.3 Å². The Morgan fingerprint density at radius 2 is 2.20 bits per heavy atom. The van der Waals surface area contributed by atoms with Crippen molar-refractivity contribution in [3.05, 3.63) is 23.8 Å². The molecule has 0 aromatic heterocycles. The molecule has 8 heteroatoms. The number of halogens is 1. The van der Waals surface area contributed by atoms with Gasteiger partial charge in [0, 0.05) is 31.7 Å². The molecule has 25 heavy (non-hydrogen) atoms. The molecule has 3 aliphatic heterocycles. The molecule has 0 spiro atoms. The Morgan fingerprint density at radius 3 is 2.92 bits per heavy atom. The van der Waals surface area contributed by atoms with Crippen molar-refractivity contribution in [2.24, 2.45) is 0 Å². The number of carbonyl (C=O) groups is 1. The highest BCUT2D eigenvalue weighted by molar-refractivity contribution is 5.90. The van der Waals surface area contributed by atoms with E-state index in [1.165, 1.54) is 12.3 Å². The minimum absolute atomic E-state index is 0.0789. The van der Waals surface area contributed by atoms with Gasteiger partial charge in [-0.3, -0.25) is 0 Å².